The molecule has 0 fully saturated rings. The normalized spacial score (nSPS) is 10.5. The maximum absolute atomic E-state index is 10.8. The van der Waals surface area contributed by atoms with Crippen molar-refractivity contribution in [2.45, 2.75) is 0 Å². The summed E-state index contributed by atoms with van der Waals surface area (Å²) in [6.07, 6.45) is 0. The maximum atomic E-state index is 10.8. The third kappa shape index (κ3) is 1.31. The van der Waals surface area contributed by atoms with Gasteiger partial charge in [0.2, 0.25) is 0 Å². The number of imidazole rings is 1. The summed E-state index contributed by atoms with van der Waals surface area (Å²) in [5, 5.41) is 8.82. The van der Waals surface area contributed by atoms with E-state index in [1.807, 2.05) is 0 Å². The van der Waals surface area contributed by atoms with Gasteiger partial charge < -0.3 is 10.1 Å². The number of carboxylic acid groups (broad SMARTS) is 1. The minimum absolute atomic E-state index is 0.208. The fourth-order valence-corrected chi connectivity index (χ4v) is 1.57. The van der Waals surface area contributed by atoms with Crippen molar-refractivity contribution in [3.63, 3.8) is 0 Å². The molecule has 5 heteroatoms. The largest absolute Gasteiger partial charge is 0.478 e. The number of aromatic nitrogens is 2. The van der Waals surface area contributed by atoms with Gasteiger partial charge in [-0.2, -0.15) is 0 Å². The molecule has 1 heterocycles. The van der Waals surface area contributed by atoms with Crippen LogP contribution in [-0.4, -0.2) is 21.0 Å². The summed E-state index contributed by atoms with van der Waals surface area (Å²) < 4.78 is 0.538. The van der Waals surface area contributed by atoms with E-state index >= 15 is 0 Å². The third-order valence-electron chi connectivity index (χ3n) is 1.71. The number of H-pyrrole nitrogens is 1. The second kappa shape index (κ2) is 2.85. The Balaban J connectivity index is 2.82. The highest BCUT2D eigenvalue weighted by atomic mass is 79.9. The number of rotatable bonds is 1. The lowest BCUT2D eigenvalue weighted by molar-refractivity contribution is 0.0699. The van der Waals surface area contributed by atoms with Crippen molar-refractivity contribution in [3.8, 4) is 0 Å². The smallest absolute Gasteiger partial charge is 0.337 e. The van der Waals surface area contributed by atoms with Gasteiger partial charge in [-0.25, -0.2) is 9.78 Å². The molecule has 1 aromatic heterocycles. The fraction of sp³-hybridized carbons (Fsp3) is 0. The van der Waals surface area contributed by atoms with E-state index in [-0.39, 0.29) is 5.56 Å². The zero-order valence-corrected chi connectivity index (χ0v) is 8.00. The molecule has 13 heavy (non-hydrogen) atoms. The van der Waals surface area contributed by atoms with Gasteiger partial charge in [0.05, 0.1) is 11.1 Å². The number of halogens is 1. The van der Waals surface area contributed by atoms with Crippen LogP contribution in [-0.2, 0) is 0 Å². The molecule has 0 atom stereocenters. The van der Waals surface area contributed by atoms with Gasteiger partial charge in [0.1, 0.15) is 5.52 Å². The fourth-order valence-electron chi connectivity index (χ4n) is 1.17. The van der Waals surface area contributed by atoms with Gasteiger partial charge in [-0.15, -0.1) is 0 Å². The van der Waals surface area contributed by atoms with Crippen LogP contribution in [0.25, 0.3) is 11.0 Å². The lowest BCUT2D eigenvalue weighted by Gasteiger charge is -1.93. The molecule has 2 aromatic rings. The molecule has 66 valence electrons. The summed E-state index contributed by atoms with van der Waals surface area (Å²) in [5.41, 5.74) is 1.40. The Hall–Kier alpha value is -1.36. The quantitative estimate of drug-likeness (QED) is 0.802. The molecule has 0 aliphatic rings. The Morgan fingerprint density at radius 3 is 3.00 bits per heavy atom. The lowest BCUT2D eigenvalue weighted by Crippen LogP contribution is -1.96. The Morgan fingerprint density at radius 2 is 2.31 bits per heavy atom. The van der Waals surface area contributed by atoms with E-state index in [1.54, 1.807) is 12.1 Å². The minimum Gasteiger partial charge on any atom is -0.478 e. The minimum atomic E-state index is -0.968. The van der Waals surface area contributed by atoms with E-state index in [9.17, 15) is 4.79 Å². The van der Waals surface area contributed by atoms with Gasteiger partial charge in [0.15, 0.2) is 4.73 Å². The Labute approximate surface area is 81.7 Å². The van der Waals surface area contributed by atoms with Crippen LogP contribution in [0.2, 0.25) is 0 Å². The van der Waals surface area contributed by atoms with E-state index in [0.29, 0.717) is 15.8 Å². The zero-order valence-electron chi connectivity index (χ0n) is 6.41. The Bertz CT molecular complexity index is 478. The molecule has 1 aromatic carbocycles. The van der Waals surface area contributed by atoms with Gasteiger partial charge in [0, 0.05) is 0 Å². The number of aromatic amines is 1. The van der Waals surface area contributed by atoms with Crippen LogP contribution < -0.4 is 0 Å². The highest BCUT2D eigenvalue weighted by Gasteiger charge is 2.10. The number of carbonyl (C=O) groups is 1. The van der Waals surface area contributed by atoms with Crippen molar-refractivity contribution in [2.75, 3.05) is 0 Å². The van der Waals surface area contributed by atoms with Gasteiger partial charge >= 0.3 is 5.97 Å². The first kappa shape index (κ1) is 8.25. The van der Waals surface area contributed by atoms with E-state index in [2.05, 4.69) is 25.9 Å². The number of aromatic carboxylic acids is 1. The van der Waals surface area contributed by atoms with Crippen LogP contribution in [0, 0.1) is 0 Å². The maximum Gasteiger partial charge on any atom is 0.337 e. The predicted octanol–water partition coefficient (Wildman–Crippen LogP) is 2.02. The van der Waals surface area contributed by atoms with Crippen LogP contribution in [0.3, 0.4) is 0 Å². The van der Waals surface area contributed by atoms with Crippen molar-refractivity contribution >= 4 is 32.9 Å². The molecular formula is C8H5BrN2O2. The van der Waals surface area contributed by atoms with E-state index < -0.39 is 5.97 Å². The number of nitrogens with zero attached hydrogens (tertiary/aromatic N) is 1. The van der Waals surface area contributed by atoms with Crippen LogP contribution in [0.15, 0.2) is 22.9 Å². The molecule has 2 N–H and O–H groups in total. The van der Waals surface area contributed by atoms with E-state index in [4.69, 9.17) is 5.11 Å². The standard InChI is InChI=1S/C8H5BrN2O2/c9-8-10-5-3-1-2-4(7(12)13)6(5)11-8/h1-3H,(H,10,11)(H,12,13). The average Bonchev–Trinajstić information content (AvgIpc) is 2.43. The molecule has 2 rings (SSSR count). The predicted molar refractivity (Wildman–Crippen MR) is 50.8 cm³/mol. The summed E-state index contributed by atoms with van der Waals surface area (Å²) >= 11 is 3.15. The molecule has 0 spiro atoms. The molecule has 0 radical (unpaired) electrons. The Morgan fingerprint density at radius 1 is 1.54 bits per heavy atom. The summed E-state index contributed by atoms with van der Waals surface area (Å²) in [6, 6.07) is 4.98. The summed E-state index contributed by atoms with van der Waals surface area (Å²) in [5.74, 6) is -0.968. The number of benzene rings is 1. The van der Waals surface area contributed by atoms with Gasteiger partial charge in [-0.3, -0.25) is 0 Å². The van der Waals surface area contributed by atoms with Gasteiger partial charge in [-0.1, -0.05) is 6.07 Å². The van der Waals surface area contributed by atoms with E-state index in [1.165, 1.54) is 6.07 Å². The summed E-state index contributed by atoms with van der Waals surface area (Å²) in [6.45, 7) is 0. The number of nitrogens with one attached hydrogen (secondary N) is 1. The number of hydrogen-bond donors (Lipinski definition) is 2. The van der Waals surface area contributed by atoms with Crippen molar-refractivity contribution < 1.29 is 9.90 Å². The van der Waals surface area contributed by atoms with Gasteiger partial charge in [-0.05, 0) is 28.1 Å². The number of carboxylic acids is 1. The molecule has 0 saturated carbocycles. The monoisotopic (exact) mass is 240 g/mol. The molecular weight excluding hydrogens is 236 g/mol. The first-order valence-corrected chi connectivity index (χ1v) is 4.35. The molecule has 4 nitrogen and oxygen atoms in total. The highest BCUT2D eigenvalue weighted by Crippen LogP contribution is 2.18. The van der Waals surface area contributed by atoms with Crippen LogP contribution >= 0.6 is 15.9 Å². The second-order valence-corrected chi connectivity index (χ2v) is 3.29. The second-order valence-electron chi connectivity index (χ2n) is 2.53. The number of hydrogen-bond acceptors (Lipinski definition) is 2. The summed E-state index contributed by atoms with van der Waals surface area (Å²) in [4.78, 5) is 17.7. The SMILES string of the molecule is O=C(O)c1cccc2[nH]c(Br)nc12. The molecule has 0 aliphatic carbocycles. The van der Waals surface area contributed by atoms with Crippen molar-refractivity contribution in [1.82, 2.24) is 9.97 Å². The Kier molecular flexibility index (Phi) is 1.81. The topological polar surface area (TPSA) is 66.0 Å². The van der Waals surface area contributed by atoms with Crippen molar-refractivity contribution in [3.05, 3.63) is 28.5 Å². The van der Waals surface area contributed by atoms with Crippen molar-refractivity contribution in [2.24, 2.45) is 0 Å². The van der Waals surface area contributed by atoms with Crippen LogP contribution in [0.5, 0.6) is 0 Å². The third-order valence-corrected chi connectivity index (χ3v) is 2.09. The number of para-hydroxylation sites is 1. The van der Waals surface area contributed by atoms with Crippen molar-refractivity contribution in [1.29, 1.82) is 0 Å². The van der Waals surface area contributed by atoms with E-state index in [0.717, 1.165) is 0 Å². The molecule has 0 unspecified atom stereocenters. The molecule has 0 amide bonds. The molecule has 0 saturated heterocycles. The van der Waals surface area contributed by atoms with Crippen LogP contribution in [0.4, 0.5) is 0 Å². The molecule has 0 aliphatic heterocycles. The highest BCUT2D eigenvalue weighted by molar-refractivity contribution is 9.10. The zero-order chi connectivity index (χ0) is 9.42. The lowest BCUT2D eigenvalue weighted by atomic mass is 10.2. The first-order valence-electron chi connectivity index (χ1n) is 3.56. The van der Waals surface area contributed by atoms with Gasteiger partial charge in [0.25, 0.3) is 0 Å². The first-order chi connectivity index (χ1) is 6.18. The number of fused-ring (bicyclic) bond motifs is 1. The van der Waals surface area contributed by atoms with Crippen LogP contribution in [0.1, 0.15) is 10.4 Å². The summed E-state index contributed by atoms with van der Waals surface area (Å²) in [7, 11) is 0. The molecule has 0 bridgehead atoms. The average molecular weight is 241 g/mol.